The summed E-state index contributed by atoms with van der Waals surface area (Å²) in [4.78, 5) is 34.3. The van der Waals surface area contributed by atoms with Crippen molar-refractivity contribution in [3.05, 3.63) is 94.3 Å². The average Bonchev–Trinajstić information content (AvgIpc) is 3.20. The minimum Gasteiger partial charge on any atom is -0.349 e. The Labute approximate surface area is 194 Å². The van der Waals surface area contributed by atoms with Crippen LogP contribution in [0.15, 0.2) is 82.7 Å². The fourth-order valence-electron chi connectivity index (χ4n) is 3.85. The molecule has 0 aliphatic rings. The zero-order chi connectivity index (χ0) is 22.9. The highest BCUT2D eigenvalue weighted by Gasteiger charge is 2.18. The lowest BCUT2D eigenvalue weighted by Gasteiger charge is -2.13. The van der Waals surface area contributed by atoms with E-state index in [1.54, 1.807) is 4.57 Å². The second-order valence-electron chi connectivity index (χ2n) is 7.85. The molecule has 0 aliphatic carbocycles. The number of carbonyl (C=O) groups is 1. The minimum atomic E-state index is -0.195. The van der Waals surface area contributed by atoms with E-state index in [9.17, 15) is 9.59 Å². The van der Waals surface area contributed by atoms with E-state index >= 15 is 0 Å². The molecule has 5 aromatic rings. The van der Waals surface area contributed by atoms with Crippen LogP contribution in [0.2, 0.25) is 0 Å². The summed E-state index contributed by atoms with van der Waals surface area (Å²) in [5.74, 6) is -0.0258. The van der Waals surface area contributed by atoms with Crippen LogP contribution >= 0.6 is 11.8 Å². The molecule has 2 heterocycles. The van der Waals surface area contributed by atoms with Crippen LogP contribution in [0, 0.1) is 13.8 Å². The maximum Gasteiger partial charge on any atom is 0.283 e. The SMILES string of the molecule is Cc1cccc(NC(=O)CSc2nc3c([nH]c4ccccc43)c(=O)n2-c2ccccc2)c1C. The summed E-state index contributed by atoms with van der Waals surface area (Å²) in [6.45, 7) is 4.00. The third-order valence-electron chi connectivity index (χ3n) is 5.72. The van der Waals surface area contributed by atoms with Crippen LogP contribution in [-0.2, 0) is 4.79 Å². The monoisotopic (exact) mass is 454 g/mol. The molecule has 7 heteroatoms. The molecule has 0 radical (unpaired) electrons. The number of carbonyl (C=O) groups excluding carboxylic acids is 1. The summed E-state index contributed by atoms with van der Waals surface area (Å²) in [6.07, 6.45) is 0. The summed E-state index contributed by atoms with van der Waals surface area (Å²) < 4.78 is 1.56. The molecule has 0 fully saturated rings. The van der Waals surface area contributed by atoms with Crippen molar-refractivity contribution in [2.24, 2.45) is 0 Å². The molecule has 0 bridgehead atoms. The Hall–Kier alpha value is -3.84. The Balaban J connectivity index is 1.54. The van der Waals surface area contributed by atoms with E-state index in [1.807, 2.05) is 86.6 Å². The zero-order valence-electron chi connectivity index (χ0n) is 18.3. The molecule has 0 atom stereocenters. The van der Waals surface area contributed by atoms with E-state index < -0.39 is 0 Å². The predicted molar refractivity (Wildman–Crippen MR) is 134 cm³/mol. The van der Waals surface area contributed by atoms with E-state index in [2.05, 4.69) is 10.3 Å². The fourth-order valence-corrected chi connectivity index (χ4v) is 4.65. The van der Waals surface area contributed by atoms with Crippen molar-refractivity contribution in [3.63, 3.8) is 0 Å². The molecular formula is C26H22N4O2S. The molecule has 0 aliphatic heterocycles. The van der Waals surface area contributed by atoms with Gasteiger partial charge in [-0.25, -0.2) is 4.98 Å². The molecule has 0 saturated heterocycles. The van der Waals surface area contributed by atoms with Crippen LogP contribution in [0.3, 0.4) is 0 Å². The van der Waals surface area contributed by atoms with Gasteiger partial charge in [0, 0.05) is 16.6 Å². The summed E-state index contributed by atoms with van der Waals surface area (Å²) in [6, 6.07) is 22.9. The number of benzene rings is 3. The third kappa shape index (κ3) is 3.91. The van der Waals surface area contributed by atoms with E-state index in [4.69, 9.17) is 4.98 Å². The summed E-state index contributed by atoms with van der Waals surface area (Å²) >= 11 is 1.25. The van der Waals surface area contributed by atoms with Gasteiger partial charge in [-0.1, -0.05) is 60.3 Å². The molecule has 0 spiro atoms. The highest BCUT2D eigenvalue weighted by molar-refractivity contribution is 7.99. The van der Waals surface area contributed by atoms with Crippen molar-refractivity contribution in [2.75, 3.05) is 11.1 Å². The van der Waals surface area contributed by atoms with Crippen molar-refractivity contribution in [3.8, 4) is 5.69 Å². The van der Waals surface area contributed by atoms with Crippen LogP contribution in [0.4, 0.5) is 5.69 Å². The molecule has 1 amide bonds. The fraction of sp³-hybridized carbons (Fsp3) is 0.115. The lowest BCUT2D eigenvalue weighted by atomic mass is 10.1. The normalized spacial score (nSPS) is 11.2. The Bertz CT molecular complexity index is 1550. The van der Waals surface area contributed by atoms with Crippen LogP contribution < -0.4 is 10.9 Å². The number of nitrogens with one attached hydrogen (secondary N) is 2. The molecule has 5 rings (SSSR count). The number of hydrogen-bond donors (Lipinski definition) is 2. The van der Waals surface area contributed by atoms with Crippen molar-refractivity contribution in [2.45, 2.75) is 19.0 Å². The summed E-state index contributed by atoms with van der Waals surface area (Å²) in [5.41, 5.74) is 5.37. The summed E-state index contributed by atoms with van der Waals surface area (Å²) in [5, 5.41) is 4.33. The standard InChI is InChI=1S/C26H22N4O2S/c1-16-9-8-14-20(17(16)2)27-22(31)15-33-26-29-23-19-12-6-7-13-21(19)28-24(23)25(32)30(26)18-10-4-3-5-11-18/h3-14,28H,15H2,1-2H3,(H,27,31). The van der Waals surface area contributed by atoms with E-state index in [0.29, 0.717) is 21.9 Å². The Kier molecular flexibility index (Phi) is 5.48. The van der Waals surface area contributed by atoms with E-state index in [0.717, 1.165) is 27.7 Å². The smallest absolute Gasteiger partial charge is 0.283 e. The number of rotatable bonds is 5. The number of para-hydroxylation sites is 2. The lowest BCUT2D eigenvalue weighted by molar-refractivity contribution is -0.113. The second kappa shape index (κ2) is 8.60. The quantitative estimate of drug-likeness (QED) is 0.282. The number of H-pyrrole nitrogens is 1. The molecule has 2 aromatic heterocycles. The number of thioether (sulfide) groups is 1. The van der Waals surface area contributed by atoms with E-state index in [1.165, 1.54) is 11.8 Å². The number of amides is 1. The number of nitrogens with zero attached hydrogens (tertiary/aromatic N) is 2. The highest BCUT2D eigenvalue weighted by Crippen LogP contribution is 2.26. The number of fused-ring (bicyclic) bond motifs is 3. The van der Waals surface area contributed by atoms with Gasteiger partial charge in [0.2, 0.25) is 5.91 Å². The van der Waals surface area contributed by atoms with Gasteiger partial charge in [-0.15, -0.1) is 0 Å². The maximum absolute atomic E-state index is 13.5. The van der Waals surface area contributed by atoms with Crippen molar-refractivity contribution in [1.29, 1.82) is 0 Å². The highest BCUT2D eigenvalue weighted by atomic mass is 32.2. The van der Waals surface area contributed by atoms with Crippen molar-refractivity contribution < 1.29 is 4.79 Å². The number of aromatic amines is 1. The molecule has 2 N–H and O–H groups in total. The number of hydrogen-bond acceptors (Lipinski definition) is 4. The Morgan fingerprint density at radius 2 is 1.76 bits per heavy atom. The van der Waals surface area contributed by atoms with E-state index in [-0.39, 0.29) is 17.2 Å². The van der Waals surface area contributed by atoms with Gasteiger partial charge < -0.3 is 10.3 Å². The number of aryl methyl sites for hydroxylation is 1. The molecule has 164 valence electrons. The van der Waals surface area contributed by atoms with Gasteiger partial charge >= 0.3 is 0 Å². The molecular weight excluding hydrogens is 432 g/mol. The Morgan fingerprint density at radius 3 is 2.58 bits per heavy atom. The first-order chi connectivity index (χ1) is 16.0. The first-order valence-corrected chi connectivity index (χ1v) is 11.6. The molecule has 3 aromatic carbocycles. The largest absolute Gasteiger partial charge is 0.349 e. The van der Waals surface area contributed by atoms with Gasteiger partial charge in [-0.2, -0.15) is 0 Å². The molecule has 6 nitrogen and oxygen atoms in total. The van der Waals surface area contributed by atoms with Crippen molar-refractivity contribution in [1.82, 2.24) is 14.5 Å². The van der Waals surface area contributed by atoms with Crippen molar-refractivity contribution >= 4 is 45.3 Å². The molecule has 0 unspecified atom stereocenters. The van der Waals surface area contributed by atoms with Gasteiger partial charge in [-0.05, 0) is 49.2 Å². The number of anilines is 1. The lowest BCUT2D eigenvalue weighted by Crippen LogP contribution is -2.23. The van der Waals surface area contributed by atoms with Gasteiger partial charge in [0.15, 0.2) is 5.16 Å². The molecule has 0 saturated carbocycles. The summed E-state index contributed by atoms with van der Waals surface area (Å²) in [7, 11) is 0. The maximum atomic E-state index is 13.5. The topological polar surface area (TPSA) is 79.8 Å². The van der Waals surface area contributed by atoms with Gasteiger partial charge in [0.05, 0.1) is 11.4 Å². The first-order valence-electron chi connectivity index (χ1n) is 10.6. The number of aromatic nitrogens is 3. The van der Waals surface area contributed by atoms with Crippen LogP contribution in [0.25, 0.3) is 27.6 Å². The minimum absolute atomic E-state index is 0.126. The third-order valence-corrected chi connectivity index (χ3v) is 6.66. The van der Waals surface area contributed by atoms with Crippen LogP contribution in [-0.4, -0.2) is 26.2 Å². The van der Waals surface area contributed by atoms with Gasteiger partial charge in [0.25, 0.3) is 5.56 Å². The predicted octanol–water partition coefficient (Wildman–Crippen LogP) is 5.21. The Morgan fingerprint density at radius 1 is 1.00 bits per heavy atom. The van der Waals surface area contributed by atoms with Crippen LogP contribution in [0.5, 0.6) is 0 Å². The average molecular weight is 455 g/mol. The second-order valence-corrected chi connectivity index (χ2v) is 8.79. The van der Waals surface area contributed by atoms with Gasteiger partial charge in [-0.3, -0.25) is 14.2 Å². The first kappa shape index (κ1) is 21.0. The van der Waals surface area contributed by atoms with Gasteiger partial charge in [0.1, 0.15) is 11.0 Å². The molecule has 33 heavy (non-hydrogen) atoms. The van der Waals surface area contributed by atoms with Crippen LogP contribution in [0.1, 0.15) is 11.1 Å². The zero-order valence-corrected chi connectivity index (χ0v) is 19.1.